The Bertz CT molecular complexity index is 714. The number of amides is 3. The number of halogens is 1. The smallest absolute Gasteiger partial charge is 0.312 e. The van der Waals surface area contributed by atoms with Crippen molar-refractivity contribution in [2.24, 2.45) is 0 Å². The molecular weight excluding hydrogens is 314 g/mol. The van der Waals surface area contributed by atoms with Crippen LogP contribution in [0.15, 0.2) is 48.5 Å². The standard InChI is InChI=1S/C17H16ClN3O2/c18-12-3-5-13(6-4-12)19-17(23)20-14-7-9-15(10-8-14)21-11-1-2-16(21)22/h3-10H,1-2,11H2,(H2,19,20,23). The molecule has 0 aromatic heterocycles. The van der Waals surface area contributed by atoms with E-state index >= 15 is 0 Å². The van der Waals surface area contributed by atoms with Gasteiger partial charge in [0.2, 0.25) is 5.91 Å². The quantitative estimate of drug-likeness (QED) is 0.890. The predicted molar refractivity (Wildman–Crippen MR) is 92.1 cm³/mol. The van der Waals surface area contributed by atoms with Crippen molar-refractivity contribution >= 4 is 40.6 Å². The molecule has 0 radical (unpaired) electrons. The summed E-state index contributed by atoms with van der Waals surface area (Å²) in [5.74, 6) is 0.145. The van der Waals surface area contributed by atoms with Crippen LogP contribution in [0.1, 0.15) is 12.8 Å². The molecule has 2 N–H and O–H groups in total. The molecule has 0 aliphatic carbocycles. The summed E-state index contributed by atoms with van der Waals surface area (Å²) in [4.78, 5) is 25.4. The third-order valence-electron chi connectivity index (χ3n) is 3.61. The number of nitrogens with one attached hydrogen (secondary N) is 2. The monoisotopic (exact) mass is 329 g/mol. The number of benzene rings is 2. The summed E-state index contributed by atoms with van der Waals surface area (Å²) >= 11 is 5.80. The van der Waals surface area contributed by atoms with Gasteiger partial charge in [0.15, 0.2) is 0 Å². The van der Waals surface area contributed by atoms with E-state index < -0.39 is 0 Å². The Kier molecular flexibility index (Phi) is 4.48. The fourth-order valence-electron chi connectivity index (χ4n) is 2.47. The van der Waals surface area contributed by atoms with Crippen molar-refractivity contribution in [3.63, 3.8) is 0 Å². The van der Waals surface area contributed by atoms with E-state index in [1.54, 1.807) is 41.3 Å². The van der Waals surface area contributed by atoms with E-state index in [-0.39, 0.29) is 11.9 Å². The molecule has 1 aliphatic rings. The zero-order chi connectivity index (χ0) is 16.2. The van der Waals surface area contributed by atoms with Crippen LogP contribution in [0.2, 0.25) is 5.02 Å². The van der Waals surface area contributed by atoms with Gasteiger partial charge in [-0.05, 0) is 55.0 Å². The van der Waals surface area contributed by atoms with E-state index in [1.807, 2.05) is 12.1 Å². The number of rotatable bonds is 3. The van der Waals surface area contributed by atoms with E-state index in [1.165, 1.54) is 0 Å². The molecule has 3 rings (SSSR count). The maximum atomic E-state index is 11.9. The minimum absolute atomic E-state index is 0.145. The Morgan fingerprint density at radius 3 is 2.04 bits per heavy atom. The van der Waals surface area contributed by atoms with Crippen LogP contribution in [0.3, 0.4) is 0 Å². The third-order valence-corrected chi connectivity index (χ3v) is 3.86. The van der Waals surface area contributed by atoms with E-state index in [9.17, 15) is 9.59 Å². The van der Waals surface area contributed by atoms with Crippen LogP contribution in [0.4, 0.5) is 21.9 Å². The second-order valence-electron chi connectivity index (χ2n) is 5.28. The molecule has 1 fully saturated rings. The number of anilines is 3. The van der Waals surface area contributed by atoms with Crippen molar-refractivity contribution < 1.29 is 9.59 Å². The molecule has 0 atom stereocenters. The lowest BCUT2D eigenvalue weighted by Crippen LogP contribution is -2.23. The lowest BCUT2D eigenvalue weighted by Gasteiger charge is -2.16. The third kappa shape index (κ3) is 3.81. The number of carbonyl (C=O) groups excluding carboxylic acids is 2. The molecule has 1 saturated heterocycles. The molecule has 0 bridgehead atoms. The fraction of sp³-hybridized carbons (Fsp3) is 0.176. The SMILES string of the molecule is O=C(Nc1ccc(Cl)cc1)Nc1ccc(N2CCCC2=O)cc1. The Balaban J connectivity index is 1.60. The molecule has 1 aliphatic heterocycles. The Labute approximate surface area is 139 Å². The highest BCUT2D eigenvalue weighted by molar-refractivity contribution is 6.30. The van der Waals surface area contributed by atoms with Gasteiger partial charge in [-0.3, -0.25) is 4.79 Å². The number of nitrogens with zero attached hydrogens (tertiary/aromatic N) is 1. The van der Waals surface area contributed by atoms with E-state index in [2.05, 4.69) is 10.6 Å². The van der Waals surface area contributed by atoms with Gasteiger partial charge >= 0.3 is 6.03 Å². The van der Waals surface area contributed by atoms with Crippen molar-refractivity contribution in [3.8, 4) is 0 Å². The Morgan fingerprint density at radius 2 is 1.52 bits per heavy atom. The Morgan fingerprint density at radius 1 is 0.957 bits per heavy atom. The molecule has 118 valence electrons. The number of urea groups is 1. The molecule has 2 aromatic rings. The molecule has 0 unspecified atom stereocenters. The predicted octanol–water partition coefficient (Wildman–Crippen LogP) is 4.11. The first-order chi connectivity index (χ1) is 11.1. The van der Waals surface area contributed by atoms with Gasteiger partial charge in [-0.1, -0.05) is 11.6 Å². The van der Waals surface area contributed by atoms with Gasteiger partial charge in [0.05, 0.1) is 0 Å². The summed E-state index contributed by atoms with van der Waals surface area (Å²) in [6, 6.07) is 13.8. The van der Waals surface area contributed by atoms with Crippen LogP contribution >= 0.6 is 11.6 Å². The van der Waals surface area contributed by atoms with E-state index in [4.69, 9.17) is 11.6 Å². The molecule has 1 heterocycles. The topological polar surface area (TPSA) is 61.4 Å². The molecule has 0 saturated carbocycles. The van der Waals surface area contributed by atoms with E-state index in [0.717, 1.165) is 18.7 Å². The fourth-order valence-corrected chi connectivity index (χ4v) is 2.60. The minimum atomic E-state index is -0.336. The molecule has 0 spiro atoms. The highest BCUT2D eigenvalue weighted by atomic mass is 35.5. The zero-order valence-corrected chi connectivity index (χ0v) is 13.1. The largest absolute Gasteiger partial charge is 0.323 e. The highest BCUT2D eigenvalue weighted by Crippen LogP contribution is 2.23. The van der Waals surface area contributed by atoms with Crippen molar-refractivity contribution in [3.05, 3.63) is 53.6 Å². The van der Waals surface area contributed by atoms with Gasteiger partial charge in [0.1, 0.15) is 0 Å². The normalized spacial score (nSPS) is 14.0. The van der Waals surface area contributed by atoms with Crippen molar-refractivity contribution in [2.75, 3.05) is 22.1 Å². The van der Waals surface area contributed by atoms with Crippen LogP contribution in [0, 0.1) is 0 Å². The molecule has 3 amide bonds. The maximum Gasteiger partial charge on any atom is 0.323 e. The first-order valence-electron chi connectivity index (χ1n) is 7.36. The number of carbonyl (C=O) groups is 2. The summed E-state index contributed by atoms with van der Waals surface area (Å²) in [5.41, 5.74) is 2.18. The van der Waals surface area contributed by atoms with Crippen LogP contribution in [0.25, 0.3) is 0 Å². The van der Waals surface area contributed by atoms with Gasteiger partial charge in [0, 0.05) is 35.1 Å². The van der Waals surface area contributed by atoms with Gasteiger partial charge in [-0.25, -0.2) is 4.79 Å². The van der Waals surface area contributed by atoms with Gasteiger partial charge in [-0.15, -0.1) is 0 Å². The van der Waals surface area contributed by atoms with Crippen LogP contribution in [-0.4, -0.2) is 18.5 Å². The summed E-state index contributed by atoms with van der Waals surface area (Å²) in [5, 5.41) is 6.08. The summed E-state index contributed by atoms with van der Waals surface area (Å²) < 4.78 is 0. The highest BCUT2D eigenvalue weighted by Gasteiger charge is 2.21. The van der Waals surface area contributed by atoms with Crippen LogP contribution in [-0.2, 0) is 4.79 Å². The van der Waals surface area contributed by atoms with Gasteiger partial charge in [-0.2, -0.15) is 0 Å². The van der Waals surface area contributed by atoms with Crippen LogP contribution < -0.4 is 15.5 Å². The first-order valence-corrected chi connectivity index (χ1v) is 7.73. The second-order valence-corrected chi connectivity index (χ2v) is 5.72. The minimum Gasteiger partial charge on any atom is -0.312 e. The summed E-state index contributed by atoms with van der Waals surface area (Å²) in [7, 11) is 0. The van der Waals surface area contributed by atoms with Gasteiger partial charge in [0.25, 0.3) is 0 Å². The van der Waals surface area contributed by atoms with Crippen LogP contribution in [0.5, 0.6) is 0 Å². The summed E-state index contributed by atoms with van der Waals surface area (Å²) in [6.07, 6.45) is 1.49. The number of hydrogen-bond acceptors (Lipinski definition) is 2. The van der Waals surface area contributed by atoms with E-state index in [0.29, 0.717) is 22.8 Å². The maximum absolute atomic E-state index is 11.9. The molecule has 5 nitrogen and oxygen atoms in total. The molecular formula is C17H16ClN3O2. The van der Waals surface area contributed by atoms with Gasteiger partial charge < -0.3 is 15.5 Å². The molecule has 2 aromatic carbocycles. The lowest BCUT2D eigenvalue weighted by atomic mass is 10.2. The average molecular weight is 330 g/mol. The Hall–Kier alpha value is -2.53. The van der Waals surface area contributed by atoms with Crippen molar-refractivity contribution in [2.45, 2.75) is 12.8 Å². The zero-order valence-electron chi connectivity index (χ0n) is 12.4. The molecule has 23 heavy (non-hydrogen) atoms. The average Bonchev–Trinajstić information content (AvgIpc) is 2.96. The van der Waals surface area contributed by atoms with Crippen molar-refractivity contribution in [1.82, 2.24) is 0 Å². The second kappa shape index (κ2) is 6.71. The number of hydrogen-bond donors (Lipinski definition) is 2. The lowest BCUT2D eigenvalue weighted by molar-refractivity contribution is -0.117. The summed E-state index contributed by atoms with van der Waals surface area (Å²) in [6.45, 7) is 0.753. The molecule has 6 heteroatoms. The van der Waals surface area contributed by atoms with Crippen molar-refractivity contribution in [1.29, 1.82) is 0 Å². The first kappa shape index (κ1) is 15.4.